The zero-order valence-electron chi connectivity index (χ0n) is 13.8. The molecular formula is C17H25N3O2. The number of carbonyl (C=O) groups is 2. The molecule has 3 amide bonds. The van der Waals surface area contributed by atoms with E-state index in [9.17, 15) is 9.59 Å². The van der Waals surface area contributed by atoms with Crippen LogP contribution in [0, 0.1) is 5.92 Å². The minimum atomic E-state index is -0.229. The number of carbonyl (C=O) groups excluding carboxylic acids is 2. The van der Waals surface area contributed by atoms with Gasteiger partial charge in [-0.1, -0.05) is 19.9 Å². The largest absolute Gasteiger partial charge is 0.336 e. The van der Waals surface area contributed by atoms with E-state index in [1.807, 2.05) is 50.8 Å². The van der Waals surface area contributed by atoms with Gasteiger partial charge in [0.2, 0.25) is 5.91 Å². The maximum Gasteiger partial charge on any atom is 0.319 e. The van der Waals surface area contributed by atoms with E-state index in [1.54, 1.807) is 0 Å². The van der Waals surface area contributed by atoms with Gasteiger partial charge in [-0.3, -0.25) is 4.79 Å². The summed E-state index contributed by atoms with van der Waals surface area (Å²) in [5, 5.41) is 5.62. The molecule has 2 N–H and O–H groups in total. The molecule has 2 rings (SSSR count). The molecule has 5 nitrogen and oxygen atoms in total. The number of aryl methyl sites for hydroxylation is 1. The van der Waals surface area contributed by atoms with Crippen LogP contribution in [0.2, 0.25) is 0 Å². The predicted molar refractivity (Wildman–Crippen MR) is 89.2 cm³/mol. The Morgan fingerprint density at radius 2 is 1.91 bits per heavy atom. The molecule has 22 heavy (non-hydrogen) atoms. The molecule has 1 aliphatic rings. The molecule has 0 aliphatic carbocycles. The van der Waals surface area contributed by atoms with Crippen LogP contribution < -0.4 is 15.5 Å². The van der Waals surface area contributed by atoms with Gasteiger partial charge in [0, 0.05) is 29.9 Å². The van der Waals surface area contributed by atoms with Gasteiger partial charge in [-0.25, -0.2) is 4.79 Å². The van der Waals surface area contributed by atoms with Crippen LogP contribution in [-0.4, -0.2) is 24.5 Å². The summed E-state index contributed by atoms with van der Waals surface area (Å²) >= 11 is 0. The van der Waals surface area contributed by atoms with Crippen molar-refractivity contribution < 1.29 is 9.59 Å². The van der Waals surface area contributed by atoms with Crippen molar-refractivity contribution in [1.82, 2.24) is 5.32 Å². The van der Waals surface area contributed by atoms with Crippen LogP contribution in [0.3, 0.4) is 0 Å². The molecule has 1 heterocycles. The summed E-state index contributed by atoms with van der Waals surface area (Å²) in [5.41, 5.74) is 2.79. The number of amides is 3. The molecule has 0 saturated heterocycles. The van der Waals surface area contributed by atoms with Crippen LogP contribution in [-0.2, 0) is 11.2 Å². The van der Waals surface area contributed by atoms with Crippen molar-refractivity contribution in [2.45, 2.75) is 46.6 Å². The first-order valence-electron chi connectivity index (χ1n) is 7.90. The summed E-state index contributed by atoms with van der Waals surface area (Å²) in [5.74, 6) is 0.0940. The summed E-state index contributed by atoms with van der Waals surface area (Å²) in [6.45, 7) is 8.39. The van der Waals surface area contributed by atoms with Gasteiger partial charge in [-0.15, -0.1) is 0 Å². The van der Waals surface area contributed by atoms with Gasteiger partial charge in [0.15, 0.2) is 0 Å². The normalized spacial score (nSPS) is 14.0. The first kappa shape index (κ1) is 16.3. The second kappa shape index (κ2) is 6.81. The topological polar surface area (TPSA) is 61.4 Å². The van der Waals surface area contributed by atoms with Crippen molar-refractivity contribution in [3.63, 3.8) is 0 Å². The van der Waals surface area contributed by atoms with Crippen LogP contribution in [0.5, 0.6) is 0 Å². The molecule has 0 saturated carbocycles. The fourth-order valence-corrected chi connectivity index (χ4v) is 2.62. The maximum atomic E-state index is 12.4. The molecule has 1 aromatic carbocycles. The number of hydrogen-bond donors (Lipinski definition) is 2. The molecule has 1 aliphatic heterocycles. The van der Waals surface area contributed by atoms with E-state index in [0.717, 1.165) is 30.6 Å². The van der Waals surface area contributed by atoms with Gasteiger partial charge < -0.3 is 15.5 Å². The fourth-order valence-electron chi connectivity index (χ4n) is 2.62. The van der Waals surface area contributed by atoms with Gasteiger partial charge in [-0.05, 0) is 44.4 Å². The van der Waals surface area contributed by atoms with E-state index in [1.165, 1.54) is 0 Å². The Hall–Kier alpha value is -2.04. The smallest absolute Gasteiger partial charge is 0.319 e. The first-order valence-corrected chi connectivity index (χ1v) is 7.90. The van der Waals surface area contributed by atoms with Crippen molar-refractivity contribution in [3.05, 3.63) is 23.8 Å². The van der Waals surface area contributed by atoms with E-state index in [0.29, 0.717) is 5.69 Å². The minimum Gasteiger partial charge on any atom is -0.336 e. The van der Waals surface area contributed by atoms with Crippen LogP contribution in [0.15, 0.2) is 18.2 Å². The number of fused-ring (bicyclic) bond motifs is 1. The van der Waals surface area contributed by atoms with E-state index in [-0.39, 0.29) is 23.9 Å². The lowest BCUT2D eigenvalue weighted by molar-refractivity contribution is -0.121. The van der Waals surface area contributed by atoms with Gasteiger partial charge in [0.25, 0.3) is 0 Å². The molecule has 0 bridgehead atoms. The van der Waals surface area contributed by atoms with Gasteiger partial charge >= 0.3 is 6.03 Å². The molecule has 5 heteroatoms. The third-order valence-electron chi connectivity index (χ3n) is 3.64. The first-order chi connectivity index (χ1) is 10.4. The summed E-state index contributed by atoms with van der Waals surface area (Å²) in [4.78, 5) is 26.0. The molecule has 0 unspecified atom stereocenters. The molecule has 0 radical (unpaired) electrons. The zero-order valence-corrected chi connectivity index (χ0v) is 13.8. The van der Waals surface area contributed by atoms with Crippen LogP contribution >= 0.6 is 0 Å². The van der Waals surface area contributed by atoms with Gasteiger partial charge in [0.05, 0.1) is 0 Å². The summed E-state index contributed by atoms with van der Waals surface area (Å²) < 4.78 is 0. The van der Waals surface area contributed by atoms with E-state index >= 15 is 0 Å². The Morgan fingerprint density at radius 3 is 2.55 bits per heavy atom. The predicted octanol–water partition coefficient (Wildman–Crippen LogP) is 3.15. The summed E-state index contributed by atoms with van der Waals surface area (Å²) in [6.07, 6.45) is 1.95. The molecule has 0 spiro atoms. The highest BCUT2D eigenvalue weighted by molar-refractivity contribution is 5.97. The Labute approximate surface area is 132 Å². The SMILES string of the molecule is CC(C)NC(=O)Nc1ccc2c(c1)N(C(=O)C(C)C)CCC2. The van der Waals surface area contributed by atoms with Crippen molar-refractivity contribution in [3.8, 4) is 0 Å². The van der Waals surface area contributed by atoms with Gasteiger partial charge in [0.1, 0.15) is 0 Å². The van der Waals surface area contributed by atoms with Crippen molar-refractivity contribution in [2.75, 3.05) is 16.8 Å². The number of urea groups is 1. The Kier molecular flexibility index (Phi) is 5.06. The second-order valence-electron chi connectivity index (χ2n) is 6.34. The van der Waals surface area contributed by atoms with E-state index < -0.39 is 0 Å². The monoisotopic (exact) mass is 303 g/mol. The standard InChI is InChI=1S/C17H25N3O2/c1-11(2)16(21)20-9-5-6-13-7-8-14(10-15(13)20)19-17(22)18-12(3)4/h7-8,10-12H,5-6,9H2,1-4H3,(H2,18,19,22). The minimum absolute atomic E-state index is 0.0354. The quantitative estimate of drug-likeness (QED) is 0.901. The number of nitrogens with zero attached hydrogens (tertiary/aromatic N) is 1. The molecular weight excluding hydrogens is 278 g/mol. The highest BCUT2D eigenvalue weighted by Gasteiger charge is 2.24. The Morgan fingerprint density at radius 1 is 1.18 bits per heavy atom. The fraction of sp³-hybridized carbons (Fsp3) is 0.529. The Balaban J connectivity index is 2.22. The average molecular weight is 303 g/mol. The number of rotatable bonds is 3. The average Bonchev–Trinajstić information content (AvgIpc) is 2.44. The van der Waals surface area contributed by atoms with Crippen molar-refractivity contribution in [1.29, 1.82) is 0 Å². The number of hydrogen-bond acceptors (Lipinski definition) is 2. The highest BCUT2D eigenvalue weighted by atomic mass is 16.2. The lowest BCUT2D eigenvalue weighted by atomic mass is 9.99. The van der Waals surface area contributed by atoms with E-state index in [2.05, 4.69) is 10.6 Å². The third kappa shape index (κ3) is 3.78. The summed E-state index contributed by atoms with van der Waals surface area (Å²) in [6, 6.07) is 5.64. The van der Waals surface area contributed by atoms with Crippen LogP contribution in [0.1, 0.15) is 39.7 Å². The molecule has 0 atom stereocenters. The Bertz CT molecular complexity index is 567. The molecule has 120 valence electrons. The molecule has 1 aromatic rings. The highest BCUT2D eigenvalue weighted by Crippen LogP contribution is 2.31. The summed E-state index contributed by atoms with van der Waals surface area (Å²) in [7, 11) is 0. The number of anilines is 2. The number of nitrogens with one attached hydrogen (secondary N) is 2. The van der Waals surface area contributed by atoms with Crippen molar-refractivity contribution in [2.24, 2.45) is 5.92 Å². The lowest BCUT2D eigenvalue weighted by Crippen LogP contribution is -2.38. The third-order valence-corrected chi connectivity index (χ3v) is 3.64. The molecule has 0 fully saturated rings. The lowest BCUT2D eigenvalue weighted by Gasteiger charge is -2.31. The van der Waals surface area contributed by atoms with Gasteiger partial charge in [-0.2, -0.15) is 0 Å². The van der Waals surface area contributed by atoms with Crippen molar-refractivity contribution >= 4 is 23.3 Å². The molecule has 0 aromatic heterocycles. The zero-order chi connectivity index (χ0) is 16.3. The number of benzene rings is 1. The maximum absolute atomic E-state index is 12.4. The van der Waals surface area contributed by atoms with E-state index in [4.69, 9.17) is 0 Å². The second-order valence-corrected chi connectivity index (χ2v) is 6.34. The van der Waals surface area contributed by atoms with Crippen LogP contribution in [0.4, 0.5) is 16.2 Å². The van der Waals surface area contributed by atoms with Crippen LogP contribution in [0.25, 0.3) is 0 Å².